The molecule has 4 heteroatoms. The fraction of sp³-hybridized carbons (Fsp3) is 0.538. The zero-order chi connectivity index (χ0) is 12.4. The van der Waals surface area contributed by atoms with Crippen molar-refractivity contribution >= 4 is 5.69 Å². The monoisotopic (exact) mass is 237 g/mol. The molecule has 2 rings (SSSR count). The van der Waals surface area contributed by atoms with Crippen molar-refractivity contribution < 1.29 is 4.39 Å². The van der Waals surface area contributed by atoms with Crippen LogP contribution in [-0.2, 0) is 6.54 Å². The van der Waals surface area contributed by atoms with Crippen molar-refractivity contribution in [3.05, 3.63) is 29.6 Å². The molecule has 0 aromatic heterocycles. The van der Waals surface area contributed by atoms with E-state index in [-0.39, 0.29) is 11.5 Å². The number of hydrogen-bond acceptors (Lipinski definition) is 3. The van der Waals surface area contributed by atoms with Crippen molar-refractivity contribution in [2.24, 2.45) is 0 Å². The highest BCUT2D eigenvalue weighted by Gasteiger charge is 2.22. The first-order valence-corrected chi connectivity index (χ1v) is 6.03. The van der Waals surface area contributed by atoms with Gasteiger partial charge in [0.05, 0.1) is 5.69 Å². The van der Waals surface area contributed by atoms with E-state index in [1.807, 2.05) is 12.1 Å². The molecule has 1 aromatic carbocycles. The average Bonchev–Trinajstić information content (AvgIpc) is 2.28. The van der Waals surface area contributed by atoms with Gasteiger partial charge < -0.3 is 10.6 Å². The topological polar surface area (TPSA) is 32.5 Å². The minimum absolute atomic E-state index is 0.240. The Morgan fingerprint density at radius 2 is 2.18 bits per heavy atom. The maximum Gasteiger partial charge on any atom is 0.150 e. The largest absolute Gasteiger partial charge is 0.396 e. The van der Waals surface area contributed by atoms with Crippen LogP contribution in [0.1, 0.15) is 12.5 Å². The smallest absolute Gasteiger partial charge is 0.150 e. The molecule has 0 aliphatic carbocycles. The van der Waals surface area contributed by atoms with Crippen molar-refractivity contribution in [1.82, 2.24) is 9.80 Å². The molecule has 94 valence electrons. The van der Waals surface area contributed by atoms with Crippen LogP contribution in [0.15, 0.2) is 18.2 Å². The highest BCUT2D eigenvalue weighted by molar-refractivity contribution is 5.42. The standard InChI is InChI=1S/C13H20FN3/c1-10-8-16(2)6-7-17(10)9-11-4-3-5-12(15)13(11)14/h3-5,10H,6-9,15H2,1-2H3. The molecule has 1 aliphatic heterocycles. The third kappa shape index (κ3) is 2.76. The van der Waals surface area contributed by atoms with Crippen LogP contribution < -0.4 is 5.73 Å². The molecule has 1 saturated heterocycles. The number of anilines is 1. The summed E-state index contributed by atoms with van der Waals surface area (Å²) in [5.74, 6) is -0.265. The molecule has 1 heterocycles. The molecule has 0 spiro atoms. The first-order chi connectivity index (χ1) is 8.08. The quantitative estimate of drug-likeness (QED) is 0.792. The van der Waals surface area contributed by atoms with Gasteiger partial charge >= 0.3 is 0 Å². The number of halogens is 1. The Labute approximate surface area is 102 Å². The van der Waals surface area contributed by atoms with Gasteiger partial charge in [-0.3, -0.25) is 4.90 Å². The van der Waals surface area contributed by atoms with Gasteiger partial charge in [-0.25, -0.2) is 4.39 Å². The number of nitrogen functional groups attached to an aromatic ring is 1. The summed E-state index contributed by atoms with van der Waals surface area (Å²) >= 11 is 0. The number of nitrogens with two attached hydrogens (primary N) is 1. The lowest BCUT2D eigenvalue weighted by molar-refractivity contribution is 0.0929. The van der Waals surface area contributed by atoms with E-state index in [4.69, 9.17) is 5.73 Å². The summed E-state index contributed by atoms with van der Waals surface area (Å²) in [6.45, 7) is 5.87. The van der Waals surface area contributed by atoms with Gasteiger partial charge in [0.25, 0.3) is 0 Å². The molecule has 0 amide bonds. The molecule has 1 aliphatic rings. The maximum atomic E-state index is 13.8. The van der Waals surface area contributed by atoms with Crippen LogP contribution in [0.2, 0.25) is 0 Å². The number of likely N-dealkylation sites (N-methyl/N-ethyl adjacent to an activating group) is 1. The molecule has 1 unspecified atom stereocenters. The van der Waals surface area contributed by atoms with Crippen LogP contribution in [0, 0.1) is 5.82 Å². The van der Waals surface area contributed by atoms with E-state index in [1.54, 1.807) is 6.07 Å². The van der Waals surface area contributed by atoms with Crippen LogP contribution in [0.3, 0.4) is 0 Å². The minimum atomic E-state index is -0.265. The zero-order valence-electron chi connectivity index (χ0n) is 10.5. The van der Waals surface area contributed by atoms with Gasteiger partial charge in [-0.2, -0.15) is 0 Å². The third-order valence-corrected chi connectivity index (χ3v) is 3.45. The van der Waals surface area contributed by atoms with E-state index in [1.165, 1.54) is 0 Å². The van der Waals surface area contributed by atoms with Crippen LogP contribution in [0.25, 0.3) is 0 Å². The summed E-state index contributed by atoms with van der Waals surface area (Å²) in [4.78, 5) is 4.61. The van der Waals surface area contributed by atoms with E-state index in [2.05, 4.69) is 23.8 Å². The zero-order valence-corrected chi connectivity index (χ0v) is 10.5. The van der Waals surface area contributed by atoms with Crippen molar-refractivity contribution in [3.63, 3.8) is 0 Å². The maximum absolute atomic E-state index is 13.8. The predicted molar refractivity (Wildman–Crippen MR) is 68.2 cm³/mol. The number of piperazine rings is 1. The second kappa shape index (κ2) is 5.02. The number of nitrogens with zero attached hydrogens (tertiary/aromatic N) is 2. The van der Waals surface area contributed by atoms with Crippen LogP contribution >= 0.6 is 0 Å². The Kier molecular flexibility index (Phi) is 3.64. The first-order valence-electron chi connectivity index (χ1n) is 6.03. The summed E-state index contributed by atoms with van der Waals surface area (Å²) in [6.07, 6.45) is 0. The highest BCUT2D eigenvalue weighted by Crippen LogP contribution is 2.19. The first kappa shape index (κ1) is 12.3. The lowest BCUT2D eigenvalue weighted by Gasteiger charge is -2.38. The van der Waals surface area contributed by atoms with Gasteiger partial charge in [0.2, 0.25) is 0 Å². The molecule has 1 fully saturated rings. The Balaban J connectivity index is 2.08. The van der Waals surface area contributed by atoms with E-state index in [0.29, 0.717) is 18.2 Å². The van der Waals surface area contributed by atoms with Gasteiger partial charge in [-0.15, -0.1) is 0 Å². The molecular formula is C13H20FN3. The number of rotatable bonds is 2. The molecular weight excluding hydrogens is 217 g/mol. The summed E-state index contributed by atoms with van der Waals surface area (Å²) in [6, 6.07) is 5.69. The summed E-state index contributed by atoms with van der Waals surface area (Å²) < 4.78 is 13.8. The molecule has 3 nitrogen and oxygen atoms in total. The van der Waals surface area contributed by atoms with Crippen molar-refractivity contribution in [3.8, 4) is 0 Å². The average molecular weight is 237 g/mol. The summed E-state index contributed by atoms with van der Waals surface area (Å²) in [5.41, 5.74) is 6.52. The van der Waals surface area contributed by atoms with E-state index in [0.717, 1.165) is 19.6 Å². The summed E-state index contributed by atoms with van der Waals surface area (Å²) in [5, 5.41) is 0. The lowest BCUT2D eigenvalue weighted by Crippen LogP contribution is -2.49. The van der Waals surface area contributed by atoms with Gasteiger partial charge in [0, 0.05) is 37.8 Å². The Morgan fingerprint density at radius 3 is 2.88 bits per heavy atom. The fourth-order valence-corrected chi connectivity index (χ4v) is 2.35. The third-order valence-electron chi connectivity index (χ3n) is 3.45. The Morgan fingerprint density at radius 1 is 1.41 bits per heavy atom. The van der Waals surface area contributed by atoms with Gasteiger partial charge in [-0.05, 0) is 20.0 Å². The van der Waals surface area contributed by atoms with Crippen molar-refractivity contribution in [2.75, 3.05) is 32.4 Å². The van der Waals surface area contributed by atoms with Crippen LogP contribution in [0.4, 0.5) is 10.1 Å². The predicted octanol–water partition coefficient (Wildman–Crippen LogP) is 1.54. The fourth-order valence-electron chi connectivity index (χ4n) is 2.35. The molecule has 1 atom stereocenters. The molecule has 2 N–H and O–H groups in total. The Bertz CT molecular complexity index is 394. The van der Waals surface area contributed by atoms with Gasteiger partial charge in [0.1, 0.15) is 0 Å². The van der Waals surface area contributed by atoms with E-state index < -0.39 is 0 Å². The number of hydrogen-bond donors (Lipinski definition) is 1. The van der Waals surface area contributed by atoms with Crippen LogP contribution in [-0.4, -0.2) is 42.5 Å². The van der Waals surface area contributed by atoms with Gasteiger partial charge in [-0.1, -0.05) is 12.1 Å². The van der Waals surface area contributed by atoms with E-state index >= 15 is 0 Å². The normalized spacial score (nSPS) is 22.9. The van der Waals surface area contributed by atoms with Crippen molar-refractivity contribution in [1.29, 1.82) is 0 Å². The molecule has 0 bridgehead atoms. The lowest BCUT2D eigenvalue weighted by atomic mass is 10.1. The van der Waals surface area contributed by atoms with Crippen LogP contribution in [0.5, 0.6) is 0 Å². The molecule has 17 heavy (non-hydrogen) atoms. The SMILES string of the molecule is CC1CN(C)CCN1Cc1cccc(N)c1F. The molecule has 0 radical (unpaired) electrons. The number of benzene rings is 1. The summed E-state index contributed by atoms with van der Waals surface area (Å²) in [7, 11) is 2.12. The van der Waals surface area contributed by atoms with Gasteiger partial charge in [0.15, 0.2) is 5.82 Å². The highest BCUT2D eigenvalue weighted by atomic mass is 19.1. The van der Waals surface area contributed by atoms with E-state index in [9.17, 15) is 4.39 Å². The molecule has 1 aromatic rings. The molecule has 0 saturated carbocycles. The second-order valence-corrected chi connectivity index (χ2v) is 4.90. The van der Waals surface area contributed by atoms with Crippen molar-refractivity contribution in [2.45, 2.75) is 19.5 Å². The Hall–Kier alpha value is -1.13. The minimum Gasteiger partial charge on any atom is -0.396 e. The second-order valence-electron chi connectivity index (χ2n) is 4.90.